The average molecular weight is 267 g/mol. The van der Waals surface area contributed by atoms with Gasteiger partial charge in [-0.2, -0.15) is 0 Å². The Morgan fingerprint density at radius 1 is 1.33 bits per heavy atom. The van der Waals surface area contributed by atoms with Crippen LogP contribution >= 0.6 is 0 Å². The van der Waals surface area contributed by atoms with Crippen LogP contribution in [0.1, 0.15) is 6.92 Å². The second-order valence-electron chi connectivity index (χ2n) is 3.80. The predicted octanol–water partition coefficient (Wildman–Crippen LogP) is 0.530. The molecule has 102 valence electrons. The first kappa shape index (κ1) is 14.5. The van der Waals surface area contributed by atoms with Crippen molar-refractivity contribution in [1.82, 2.24) is 9.97 Å². The normalized spacial score (nSPS) is 15.0. The number of alkyl halides is 3. The van der Waals surface area contributed by atoms with Crippen LogP contribution in [0.25, 0.3) is 0 Å². The topological polar surface area (TPSA) is 87.5 Å². The number of hydrogen-bond donors (Lipinski definition) is 3. The van der Waals surface area contributed by atoms with Gasteiger partial charge in [-0.25, -0.2) is 9.97 Å². The highest BCUT2D eigenvalue weighted by Crippen LogP contribution is 2.20. The highest BCUT2D eigenvalue weighted by atomic mass is 19.4. The summed E-state index contributed by atoms with van der Waals surface area (Å²) < 4.78 is 39.0. The summed E-state index contributed by atoms with van der Waals surface area (Å²) in [5.74, 6) is -0.528. The Morgan fingerprint density at radius 3 is 2.44 bits per heavy atom. The zero-order valence-corrected chi connectivity index (χ0v) is 9.40. The molecule has 18 heavy (non-hydrogen) atoms. The van der Waals surface area contributed by atoms with Gasteiger partial charge in [-0.3, -0.25) is 0 Å². The van der Waals surface area contributed by atoms with Gasteiger partial charge < -0.3 is 20.3 Å². The summed E-state index contributed by atoms with van der Waals surface area (Å²) in [6.07, 6.45) is -3.00. The summed E-state index contributed by atoms with van der Waals surface area (Å²) in [7, 11) is 0. The van der Waals surface area contributed by atoms with Gasteiger partial charge in [0, 0.05) is 6.54 Å². The molecule has 0 fully saturated rings. The zero-order chi connectivity index (χ0) is 13.8. The quantitative estimate of drug-likeness (QED) is 0.721. The SMILES string of the molecule is CC(O)(CO)CNc1cnc(OC(F)(F)F)cn1. The van der Waals surface area contributed by atoms with E-state index in [-0.39, 0.29) is 12.4 Å². The minimum atomic E-state index is -4.82. The van der Waals surface area contributed by atoms with Crippen molar-refractivity contribution < 1.29 is 28.1 Å². The molecular weight excluding hydrogens is 255 g/mol. The van der Waals surface area contributed by atoms with Crippen LogP contribution in [-0.2, 0) is 0 Å². The monoisotopic (exact) mass is 267 g/mol. The lowest BCUT2D eigenvalue weighted by Crippen LogP contribution is -2.37. The summed E-state index contributed by atoms with van der Waals surface area (Å²) in [5.41, 5.74) is -1.36. The lowest BCUT2D eigenvalue weighted by molar-refractivity contribution is -0.276. The van der Waals surface area contributed by atoms with Crippen molar-refractivity contribution in [3.63, 3.8) is 0 Å². The molecule has 1 unspecified atom stereocenters. The van der Waals surface area contributed by atoms with Crippen LogP contribution in [-0.4, -0.2) is 45.3 Å². The van der Waals surface area contributed by atoms with E-state index in [1.54, 1.807) is 0 Å². The number of ether oxygens (including phenoxy) is 1. The Kier molecular flexibility index (Phi) is 4.30. The zero-order valence-electron chi connectivity index (χ0n) is 9.40. The summed E-state index contributed by atoms with van der Waals surface area (Å²) in [6.45, 7) is 0.884. The van der Waals surface area contributed by atoms with Crippen molar-refractivity contribution in [1.29, 1.82) is 0 Å². The highest BCUT2D eigenvalue weighted by molar-refractivity contribution is 5.32. The van der Waals surface area contributed by atoms with Crippen LogP contribution < -0.4 is 10.1 Å². The van der Waals surface area contributed by atoms with Crippen LogP contribution in [0.5, 0.6) is 5.88 Å². The first-order valence-corrected chi connectivity index (χ1v) is 4.87. The molecule has 0 bridgehead atoms. The molecule has 0 saturated heterocycles. The van der Waals surface area contributed by atoms with Crippen molar-refractivity contribution in [3.8, 4) is 5.88 Å². The second kappa shape index (κ2) is 5.36. The maximum atomic E-state index is 11.8. The number of nitrogens with one attached hydrogen (secondary N) is 1. The number of aromatic nitrogens is 2. The largest absolute Gasteiger partial charge is 0.574 e. The molecule has 1 aromatic heterocycles. The fourth-order valence-electron chi connectivity index (χ4n) is 0.916. The molecule has 1 atom stereocenters. The maximum Gasteiger partial charge on any atom is 0.574 e. The Labute approximate surface area is 100 Å². The van der Waals surface area contributed by atoms with Crippen molar-refractivity contribution >= 4 is 5.82 Å². The summed E-state index contributed by atoms with van der Waals surface area (Å²) in [5, 5.41) is 20.8. The first-order chi connectivity index (χ1) is 8.22. The Hall–Kier alpha value is -1.61. The molecule has 0 aliphatic heterocycles. The van der Waals surface area contributed by atoms with E-state index in [0.29, 0.717) is 0 Å². The van der Waals surface area contributed by atoms with Crippen molar-refractivity contribution in [2.24, 2.45) is 0 Å². The third-order valence-corrected chi connectivity index (χ3v) is 1.84. The van der Waals surface area contributed by atoms with Crippen LogP contribution in [0.3, 0.4) is 0 Å². The Morgan fingerprint density at radius 2 is 2.00 bits per heavy atom. The Balaban J connectivity index is 2.56. The van der Waals surface area contributed by atoms with E-state index < -0.39 is 24.5 Å². The highest BCUT2D eigenvalue weighted by Gasteiger charge is 2.31. The van der Waals surface area contributed by atoms with Gasteiger partial charge in [0.1, 0.15) is 11.4 Å². The third-order valence-electron chi connectivity index (χ3n) is 1.84. The molecule has 0 aromatic carbocycles. The van der Waals surface area contributed by atoms with E-state index in [2.05, 4.69) is 20.0 Å². The number of aliphatic hydroxyl groups excluding tert-OH is 1. The molecule has 0 amide bonds. The lowest BCUT2D eigenvalue weighted by atomic mass is 10.1. The molecule has 0 spiro atoms. The van der Waals surface area contributed by atoms with Crippen molar-refractivity contribution in [2.75, 3.05) is 18.5 Å². The van der Waals surface area contributed by atoms with Crippen LogP contribution in [0.15, 0.2) is 12.4 Å². The van der Waals surface area contributed by atoms with Gasteiger partial charge in [-0.05, 0) is 6.92 Å². The van der Waals surface area contributed by atoms with Gasteiger partial charge in [0.05, 0.1) is 19.0 Å². The number of rotatable bonds is 5. The summed E-state index contributed by atoms with van der Waals surface area (Å²) >= 11 is 0. The number of hydrogen-bond acceptors (Lipinski definition) is 6. The van der Waals surface area contributed by atoms with Crippen molar-refractivity contribution in [2.45, 2.75) is 18.9 Å². The van der Waals surface area contributed by atoms with Gasteiger partial charge in [0.15, 0.2) is 0 Å². The molecule has 1 rings (SSSR count). The third kappa shape index (κ3) is 5.15. The predicted molar refractivity (Wildman–Crippen MR) is 54.9 cm³/mol. The van der Waals surface area contributed by atoms with E-state index in [9.17, 15) is 18.3 Å². The summed E-state index contributed by atoms with van der Waals surface area (Å²) in [4.78, 5) is 6.99. The van der Waals surface area contributed by atoms with E-state index >= 15 is 0 Å². The fourth-order valence-corrected chi connectivity index (χ4v) is 0.916. The van der Waals surface area contributed by atoms with Crippen molar-refractivity contribution in [3.05, 3.63) is 12.4 Å². The molecule has 0 saturated carbocycles. The molecule has 1 heterocycles. The van der Waals surface area contributed by atoms with Gasteiger partial charge in [-0.1, -0.05) is 0 Å². The minimum absolute atomic E-state index is 0.0301. The van der Waals surface area contributed by atoms with Gasteiger partial charge in [0.25, 0.3) is 0 Å². The summed E-state index contributed by atoms with van der Waals surface area (Å²) in [6, 6.07) is 0. The Bertz CT molecular complexity index is 381. The van der Waals surface area contributed by atoms with Gasteiger partial charge >= 0.3 is 6.36 Å². The molecule has 1 aromatic rings. The van der Waals surface area contributed by atoms with Gasteiger partial charge in [-0.15, -0.1) is 13.2 Å². The first-order valence-electron chi connectivity index (χ1n) is 4.87. The number of nitrogens with zero attached hydrogens (tertiary/aromatic N) is 2. The molecule has 6 nitrogen and oxygen atoms in total. The van der Waals surface area contributed by atoms with Crippen LogP contribution in [0, 0.1) is 0 Å². The molecule has 0 aliphatic rings. The molecule has 9 heteroatoms. The standard InChI is InChI=1S/C9H12F3N3O3/c1-8(17,5-16)4-15-6-2-14-7(3-13-6)18-9(10,11)12/h2-3,16-17H,4-5H2,1H3,(H,13,15). The molecule has 0 radical (unpaired) electrons. The van der Waals surface area contributed by atoms with Gasteiger partial charge in [0.2, 0.25) is 5.88 Å². The van der Waals surface area contributed by atoms with Crippen LogP contribution in [0.2, 0.25) is 0 Å². The smallest absolute Gasteiger partial charge is 0.393 e. The molecule has 0 aliphatic carbocycles. The average Bonchev–Trinajstić information content (AvgIpc) is 2.26. The van der Waals surface area contributed by atoms with E-state index in [1.165, 1.54) is 6.92 Å². The minimum Gasteiger partial charge on any atom is -0.393 e. The molecule has 3 N–H and O–H groups in total. The second-order valence-corrected chi connectivity index (χ2v) is 3.80. The fraction of sp³-hybridized carbons (Fsp3) is 0.556. The number of halogens is 3. The van der Waals surface area contributed by atoms with E-state index in [0.717, 1.165) is 12.4 Å². The maximum absolute atomic E-state index is 11.8. The van der Waals surface area contributed by atoms with E-state index in [1.807, 2.05) is 0 Å². The number of anilines is 1. The number of aliphatic hydroxyl groups is 2. The molecular formula is C9H12F3N3O3. The van der Waals surface area contributed by atoms with E-state index in [4.69, 9.17) is 5.11 Å². The van der Waals surface area contributed by atoms with Crippen LogP contribution in [0.4, 0.5) is 19.0 Å². The lowest BCUT2D eigenvalue weighted by Gasteiger charge is -2.20.